The molecule has 0 bridgehead atoms. The van der Waals surface area contributed by atoms with Crippen LogP contribution in [0.1, 0.15) is 0 Å². The van der Waals surface area contributed by atoms with Gasteiger partial charge in [0, 0.05) is 47.7 Å². The van der Waals surface area contributed by atoms with Gasteiger partial charge < -0.3 is 20.1 Å². The van der Waals surface area contributed by atoms with Crippen LogP contribution in [0.4, 0.5) is 23.0 Å². The van der Waals surface area contributed by atoms with Crippen LogP contribution in [0.2, 0.25) is 0 Å². The maximum Gasteiger partial charge on any atom is 0.227 e. The Morgan fingerprint density at radius 3 is 2.74 bits per heavy atom. The number of quaternary nitrogens is 1. The zero-order valence-corrected chi connectivity index (χ0v) is 22.3. The number of carbonyl (C=O) groups is 1. The number of likely N-dealkylation sites (N-methyl/N-ethyl adjacent to an activating group) is 1. The van der Waals surface area contributed by atoms with E-state index in [1.807, 2.05) is 36.5 Å². The average Bonchev–Trinajstić information content (AvgIpc) is 2.97. The van der Waals surface area contributed by atoms with Crippen LogP contribution in [0.25, 0.3) is 22.0 Å². The first-order valence-corrected chi connectivity index (χ1v) is 13.1. The van der Waals surface area contributed by atoms with Crippen LogP contribution in [0.5, 0.6) is 0 Å². The van der Waals surface area contributed by atoms with Gasteiger partial charge in [-0.25, -0.2) is 9.97 Å². The first-order chi connectivity index (χ1) is 19.0. The normalized spacial score (nSPS) is 16.1. The fourth-order valence-corrected chi connectivity index (χ4v) is 4.83. The molecule has 0 saturated carbocycles. The molecule has 1 atom stereocenters. The lowest BCUT2D eigenvalue weighted by atomic mass is 10.0. The minimum absolute atomic E-state index is 0.0252. The first kappa shape index (κ1) is 26.5. The van der Waals surface area contributed by atoms with Gasteiger partial charge in [-0.15, -0.1) is 0 Å². The van der Waals surface area contributed by atoms with Crippen LogP contribution in [0.15, 0.2) is 85.1 Å². The van der Waals surface area contributed by atoms with E-state index in [0.29, 0.717) is 30.1 Å². The summed E-state index contributed by atoms with van der Waals surface area (Å²) in [6.07, 6.45) is 5.94. The first-order valence-electron chi connectivity index (χ1n) is 13.1. The van der Waals surface area contributed by atoms with E-state index in [0.717, 1.165) is 51.9 Å². The van der Waals surface area contributed by atoms with Crippen molar-refractivity contribution in [3.8, 4) is 11.1 Å². The zero-order valence-electron chi connectivity index (χ0n) is 22.3. The highest BCUT2D eigenvalue weighted by Gasteiger charge is 2.20. The lowest BCUT2D eigenvalue weighted by Gasteiger charge is -2.33. The molecule has 0 amide bonds. The lowest BCUT2D eigenvalue weighted by Crippen LogP contribution is -2.44. The summed E-state index contributed by atoms with van der Waals surface area (Å²) in [5.41, 5.74) is 6.10. The third-order valence-electron chi connectivity index (χ3n) is 7.07. The molecule has 1 fully saturated rings. The minimum Gasteiger partial charge on any atom is -0.394 e. The number of aromatic nitrogens is 2. The van der Waals surface area contributed by atoms with E-state index in [9.17, 15) is 9.90 Å². The van der Waals surface area contributed by atoms with Gasteiger partial charge in [-0.2, -0.15) is 0 Å². The molecule has 39 heavy (non-hydrogen) atoms. The fraction of sp³-hybridized carbons (Fsp3) is 0.258. The van der Waals surface area contributed by atoms with E-state index in [1.54, 1.807) is 6.08 Å². The second-order valence-electron chi connectivity index (χ2n) is 10.2. The maximum absolute atomic E-state index is 10.7. The quantitative estimate of drug-likeness (QED) is 0.189. The van der Waals surface area contributed by atoms with Crippen LogP contribution in [0, 0.1) is 0 Å². The van der Waals surface area contributed by atoms with Gasteiger partial charge in [0.05, 0.1) is 38.9 Å². The molecule has 1 aliphatic heterocycles. The molecule has 8 heteroatoms. The number of aliphatic hydroxyl groups excluding tert-OH is 1. The van der Waals surface area contributed by atoms with Crippen molar-refractivity contribution >= 4 is 40.2 Å². The number of aliphatic hydroxyl groups is 1. The van der Waals surface area contributed by atoms with E-state index < -0.39 is 0 Å². The second kappa shape index (κ2) is 11.7. The predicted molar refractivity (Wildman–Crippen MR) is 157 cm³/mol. The number of aldehydes is 1. The largest absolute Gasteiger partial charge is 0.394 e. The Kier molecular flexibility index (Phi) is 7.97. The number of hydrogen-bond acceptors (Lipinski definition) is 7. The predicted octanol–water partition coefficient (Wildman–Crippen LogP) is 4.56. The Labute approximate surface area is 228 Å². The molecule has 200 valence electrons. The number of hydrogen-bond donors (Lipinski definition) is 2. The Morgan fingerprint density at radius 1 is 1.13 bits per heavy atom. The molecule has 2 heterocycles. The molecular formula is C31H34N5O3+. The van der Waals surface area contributed by atoms with E-state index in [4.69, 9.17) is 9.72 Å². The zero-order chi connectivity index (χ0) is 27.2. The monoisotopic (exact) mass is 524 g/mol. The molecule has 0 spiro atoms. The molecule has 3 aromatic carbocycles. The summed E-state index contributed by atoms with van der Waals surface area (Å²) in [6, 6.07) is 22.7. The van der Waals surface area contributed by atoms with Gasteiger partial charge in [0.2, 0.25) is 5.95 Å². The van der Waals surface area contributed by atoms with E-state index in [1.165, 1.54) is 0 Å². The fourth-order valence-electron chi connectivity index (χ4n) is 4.83. The Bertz CT molecular complexity index is 1470. The molecule has 0 radical (unpaired) electrons. The summed E-state index contributed by atoms with van der Waals surface area (Å²) in [5, 5.41) is 13.7. The molecule has 2 N–H and O–H groups in total. The molecule has 8 nitrogen and oxygen atoms in total. The van der Waals surface area contributed by atoms with Gasteiger partial charge in [0.1, 0.15) is 18.5 Å². The standard InChI is InChI=1S/C31H34N5O3/c1-36(2,16-3-4-17-37)27-9-5-7-23(19-27)29-10-6-8-24-20-32-31(34-30(24)29)33-25-11-13-26(14-12-25)35-15-18-39-28(21-35)22-38/h3-14,17,19-20,28,38H,15-16,18,21-22H2,1-2H3,(H,32,33,34)/q+1/b4-3+. The number of rotatable bonds is 9. The topological polar surface area (TPSA) is 87.6 Å². The van der Waals surface area contributed by atoms with Crippen LogP contribution in [0.3, 0.4) is 0 Å². The molecule has 1 saturated heterocycles. The van der Waals surface area contributed by atoms with Crippen LogP contribution < -0.4 is 14.7 Å². The average molecular weight is 525 g/mol. The molecule has 1 aromatic heterocycles. The highest BCUT2D eigenvalue weighted by Crippen LogP contribution is 2.32. The van der Waals surface area contributed by atoms with Crippen molar-refractivity contribution in [3.63, 3.8) is 0 Å². The van der Waals surface area contributed by atoms with Gasteiger partial charge in [0.25, 0.3) is 0 Å². The van der Waals surface area contributed by atoms with E-state index in [2.05, 4.69) is 71.8 Å². The number of benzene rings is 3. The van der Waals surface area contributed by atoms with Gasteiger partial charge in [-0.3, -0.25) is 9.28 Å². The number of allylic oxidation sites excluding steroid dienone is 1. The Balaban J connectivity index is 1.39. The molecule has 0 aliphatic carbocycles. The maximum atomic E-state index is 10.7. The summed E-state index contributed by atoms with van der Waals surface area (Å²) in [5.74, 6) is 0.528. The number of fused-ring (bicyclic) bond motifs is 1. The van der Waals surface area contributed by atoms with Crippen LogP contribution >= 0.6 is 0 Å². The highest BCUT2D eigenvalue weighted by atomic mass is 16.5. The van der Waals surface area contributed by atoms with Crippen molar-refractivity contribution < 1.29 is 14.6 Å². The highest BCUT2D eigenvalue weighted by molar-refractivity contribution is 5.94. The van der Waals surface area contributed by atoms with Crippen molar-refractivity contribution in [1.29, 1.82) is 0 Å². The lowest BCUT2D eigenvalue weighted by molar-refractivity contribution is -0.104. The van der Waals surface area contributed by atoms with Gasteiger partial charge >= 0.3 is 0 Å². The number of nitrogens with one attached hydrogen (secondary N) is 1. The van der Waals surface area contributed by atoms with E-state index in [-0.39, 0.29) is 12.7 Å². The second-order valence-corrected chi connectivity index (χ2v) is 10.2. The Morgan fingerprint density at radius 2 is 1.95 bits per heavy atom. The molecule has 4 aromatic rings. The molecule has 1 unspecified atom stereocenters. The summed E-state index contributed by atoms with van der Waals surface area (Å²) >= 11 is 0. The SMILES string of the molecule is C[N+](C)(C/C=C/C=O)c1cccc(-c2cccc3cnc(Nc4ccc(N5CCOC(CO)C5)cc4)nc23)c1. The number of morpholine rings is 1. The summed E-state index contributed by atoms with van der Waals surface area (Å²) in [4.78, 5) is 22.4. The van der Waals surface area contributed by atoms with Gasteiger partial charge in [-0.1, -0.05) is 30.3 Å². The smallest absolute Gasteiger partial charge is 0.227 e. The third-order valence-corrected chi connectivity index (χ3v) is 7.07. The van der Waals surface area contributed by atoms with Gasteiger partial charge in [0.15, 0.2) is 0 Å². The van der Waals surface area contributed by atoms with Gasteiger partial charge in [-0.05, 0) is 48.0 Å². The molecular weight excluding hydrogens is 490 g/mol. The number of para-hydroxylation sites is 1. The van der Waals surface area contributed by atoms with E-state index >= 15 is 0 Å². The third kappa shape index (κ3) is 6.15. The van der Waals surface area contributed by atoms with Crippen molar-refractivity contribution in [2.45, 2.75) is 6.10 Å². The minimum atomic E-state index is -0.151. The van der Waals surface area contributed by atoms with Crippen molar-refractivity contribution in [2.75, 3.05) is 57.2 Å². The van der Waals surface area contributed by atoms with Crippen molar-refractivity contribution in [1.82, 2.24) is 14.5 Å². The molecule has 1 aliphatic rings. The summed E-state index contributed by atoms with van der Waals surface area (Å²) < 4.78 is 6.18. The van der Waals surface area contributed by atoms with Crippen LogP contribution in [-0.4, -0.2) is 74.4 Å². The number of carbonyl (C=O) groups excluding carboxylic acids is 1. The molecule has 5 rings (SSSR count). The van der Waals surface area contributed by atoms with Crippen LogP contribution in [-0.2, 0) is 9.53 Å². The Hall–Kier alpha value is -4.11. The number of nitrogens with zero attached hydrogens (tertiary/aromatic N) is 4. The number of ether oxygens (including phenoxy) is 1. The summed E-state index contributed by atoms with van der Waals surface area (Å²) in [7, 11) is 4.24. The number of anilines is 3. The summed E-state index contributed by atoms with van der Waals surface area (Å²) in [6.45, 7) is 2.81. The van der Waals surface area contributed by atoms with Crippen molar-refractivity contribution in [3.05, 3.63) is 85.1 Å². The van der Waals surface area contributed by atoms with Crippen molar-refractivity contribution in [2.24, 2.45) is 0 Å².